The lowest BCUT2D eigenvalue weighted by Crippen LogP contribution is -2.70. The third kappa shape index (κ3) is 2.80. The number of hydrogen-bond acceptors (Lipinski definition) is 2. The van der Waals surface area contributed by atoms with Gasteiger partial charge in [0.05, 0.1) is 6.04 Å². The zero-order valence-corrected chi connectivity index (χ0v) is 15.0. The zero-order valence-electron chi connectivity index (χ0n) is 15.0. The number of fused-ring (bicyclic) bond motifs is 2. The van der Waals surface area contributed by atoms with Crippen LogP contribution in [0.15, 0.2) is 84.9 Å². The Morgan fingerprint density at radius 2 is 1.52 bits per heavy atom. The third-order valence-corrected chi connectivity index (χ3v) is 5.71. The van der Waals surface area contributed by atoms with Crippen LogP contribution in [0.4, 0.5) is 0 Å². The van der Waals surface area contributed by atoms with E-state index < -0.39 is 6.10 Å². The summed E-state index contributed by atoms with van der Waals surface area (Å²) in [5, 5.41) is 0. The summed E-state index contributed by atoms with van der Waals surface area (Å²) in [5.74, 6) is 1.09. The third-order valence-electron chi connectivity index (χ3n) is 5.71. The summed E-state index contributed by atoms with van der Waals surface area (Å²) in [6, 6.07) is 28.8. The summed E-state index contributed by atoms with van der Waals surface area (Å²) >= 11 is 0. The van der Waals surface area contributed by atoms with Crippen molar-refractivity contribution in [3.8, 4) is 5.75 Å². The molecule has 3 atom stereocenters. The lowest BCUT2D eigenvalue weighted by atomic mass is 9.73. The number of amides is 1. The van der Waals surface area contributed by atoms with Crippen LogP contribution in [-0.2, 0) is 17.8 Å². The van der Waals surface area contributed by atoms with Gasteiger partial charge in [0.15, 0.2) is 6.10 Å². The summed E-state index contributed by atoms with van der Waals surface area (Å²) in [6.45, 7) is 0.680. The standard InChI is InChI=1S/C24H21NO2/c26-24-23(27-19-12-5-2-6-13-19)22-21(15-17-9-3-1-4-10-17)20-14-8-7-11-18(20)16-25(22)24/h1-14,21-23H,15-16H2/t21-,22-,23+/m0/s1. The van der Waals surface area contributed by atoms with Gasteiger partial charge in [-0.25, -0.2) is 0 Å². The van der Waals surface area contributed by atoms with Gasteiger partial charge in [0, 0.05) is 12.5 Å². The summed E-state index contributed by atoms with van der Waals surface area (Å²) in [4.78, 5) is 14.8. The van der Waals surface area contributed by atoms with E-state index in [0.717, 1.165) is 12.2 Å². The van der Waals surface area contributed by atoms with E-state index in [4.69, 9.17) is 4.74 Å². The van der Waals surface area contributed by atoms with Gasteiger partial charge in [0.25, 0.3) is 5.91 Å². The number of carbonyl (C=O) groups is 1. The molecule has 134 valence electrons. The molecule has 3 heteroatoms. The van der Waals surface area contributed by atoms with E-state index in [2.05, 4.69) is 48.5 Å². The van der Waals surface area contributed by atoms with Crippen molar-refractivity contribution in [1.29, 1.82) is 0 Å². The maximum atomic E-state index is 12.8. The Hall–Kier alpha value is -3.07. The molecule has 0 aliphatic carbocycles. The molecule has 0 unspecified atom stereocenters. The van der Waals surface area contributed by atoms with Crippen molar-refractivity contribution in [2.75, 3.05) is 0 Å². The maximum Gasteiger partial charge on any atom is 0.266 e. The van der Waals surface area contributed by atoms with Crippen LogP contribution in [0.5, 0.6) is 5.75 Å². The molecule has 0 radical (unpaired) electrons. The highest BCUT2D eigenvalue weighted by atomic mass is 16.5. The van der Waals surface area contributed by atoms with Gasteiger partial charge >= 0.3 is 0 Å². The molecule has 1 amide bonds. The van der Waals surface area contributed by atoms with E-state index in [0.29, 0.717) is 6.54 Å². The predicted molar refractivity (Wildman–Crippen MR) is 105 cm³/mol. The summed E-state index contributed by atoms with van der Waals surface area (Å²) in [7, 11) is 0. The largest absolute Gasteiger partial charge is 0.478 e. The Labute approximate surface area is 159 Å². The molecule has 3 aromatic rings. The molecule has 2 aliphatic heterocycles. The van der Waals surface area contributed by atoms with Crippen molar-refractivity contribution in [2.45, 2.75) is 31.0 Å². The zero-order chi connectivity index (χ0) is 18.2. The average molecular weight is 355 g/mol. The molecular formula is C24H21NO2. The Morgan fingerprint density at radius 3 is 2.30 bits per heavy atom. The van der Waals surface area contributed by atoms with Crippen LogP contribution in [0, 0.1) is 0 Å². The molecule has 0 aromatic heterocycles. The maximum absolute atomic E-state index is 12.8. The van der Waals surface area contributed by atoms with E-state index in [1.807, 2.05) is 41.3 Å². The fraction of sp³-hybridized carbons (Fsp3) is 0.208. The van der Waals surface area contributed by atoms with E-state index in [9.17, 15) is 4.79 Å². The van der Waals surface area contributed by atoms with Gasteiger partial charge in [-0.05, 0) is 35.2 Å². The van der Waals surface area contributed by atoms with Gasteiger partial charge in [-0.3, -0.25) is 4.79 Å². The smallest absolute Gasteiger partial charge is 0.266 e. The molecule has 1 saturated heterocycles. The fourth-order valence-corrected chi connectivity index (χ4v) is 4.42. The lowest BCUT2D eigenvalue weighted by Gasteiger charge is -2.53. The number of hydrogen-bond donors (Lipinski definition) is 0. The topological polar surface area (TPSA) is 29.5 Å². The number of benzene rings is 3. The minimum absolute atomic E-state index is 0.0767. The normalized spacial score (nSPS) is 23.2. The van der Waals surface area contributed by atoms with Gasteiger partial charge < -0.3 is 9.64 Å². The molecule has 1 fully saturated rings. The van der Waals surface area contributed by atoms with Crippen molar-refractivity contribution < 1.29 is 9.53 Å². The average Bonchev–Trinajstić information content (AvgIpc) is 2.73. The van der Waals surface area contributed by atoms with Crippen LogP contribution in [0.2, 0.25) is 0 Å². The molecule has 3 aromatic carbocycles. The van der Waals surface area contributed by atoms with Gasteiger partial charge in [-0.2, -0.15) is 0 Å². The molecular weight excluding hydrogens is 334 g/mol. The van der Waals surface area contributed by atoms with Crippen LogP contribution in [0.1, 0.15) is 22.6 Å². The molecule has 2 aliphatic rings. The Kier molecular flexibility index (Phi) is 3.93. The summed E-state index contributed by atoms with van der Waals surface area (Å²) in [5.41, 5.74) is 3.88. The number of nitrogens with zero attached hydrogens (tertiary/aromatic N) is 1. The second-order valence-corrected chi connectivity index (χ2v) is 7.30. The summed E-state index contributed by atoms with van der Waals surface area (Å²) < 4.78 is 6.12. The van der Waals surface area contributed by atoms with Crippen LogP contribution in [0.3, 0.4) is 0 Å². The molecule has 0 N–H and O–H groups in total. The first-order valence-corrected chi connectivity index (χ1v) is 9.45. The van der Waals surface area contributed by atoms with E-state index >= 15 is 0 Å². The number of rotatable bonds is 4. The van der Waals surface area contributed by atoms with Crippen molar-refractivity contribution in [2.24, 2.45) is 0 Å². The molecule has 2 heterocycles. The van der Waals surface area contributed by atoms with Gasteiger partial charge in [-0.1, -0.05) is 72.8 Å². The summed E-state index contributed by atoms with van der Waals surface area (Å²) in [6.07, 6.45) is 0.496. The van der Waals surface area contributed by atoms with E-state index in [-0.39, 0.29) is 17.9 Å². The van der Waals surface area contributed by atoms with Crippen LogP contribution < -0.4 is 4.74 Å². The van der Waals surface area contributed by atoms with Crippen molar-refractivity contribution in [3.63, 3.8) is 0 Å². The highest BCUT2D eigenvalue weighted by Gasteiger charge is 2.55. The minimum atomic E-state index is -0.408. The molecule has 0 bridgehead atoms. The van der Waals surface area contributed by atoms with Crippen LogP contribution in [-0.4, -0.2) is 23.0 Å². The first-order chi connectivity index (χ1) is 13.3. The molecule has 3 nitrogen and oxygen atoms in total. The number of β-lactam (4-membered cyclic amide) rings is 1. The highest BCUT2D eigenvalue weighted by Crippen LogP contribution is 2.43. The first-order valence-electron chi connectivity index (χ1n) is 9.45. The highest BCUT2D eigenvalue weighted by molar-refractivity contribution is 5.89. The van der Waals surface area contributed by atoms with Gasteiger partial charge in [-0.15, -0.1) is 0 Å². The molecule has 0 spiro atoms. The van der Waals surface area contributed by atoms with E-state index in [1.165, 1.54) is 16.7 Å². The quantitative estimate of drug-likeness (QED) is 0.657. The minimum Gasteiger partial charge on any atom is -0.478 e. The van der Waals surface area contributed by atoms with E-state index in [1.54, 1.807) is 0 Å². The SMILES string of the molecule is O=C1[C@H](Oc2ccccc2)[C@@H]2[C@@H](Cc3ccccc3)c3ccccc3CN12. The second kappa shape index (κ2) is 6.58. The van der Waals surface area contributed by atoms with Crippen molar-refractivity contribution in [1.82, 2.24) is 4.90 Å². The Morgan fingerprint density at radius 1 is 0.852 bits per heavy atom. The van der Waals surface area contributed by atoms with Crippen LogP contribution >= 0.6 is 0 Å². The second-order valence-electron chi connectivity index (χ2n) is 7.30. The predicted octanol–water partition coefficient (Wildman–Crippen LogP) is 4.18. The number of carbonyl (C=O) groups excluding carboxylic acids is 1. The van der Waals surface area contributed by atoms with Crippen LogP contribution in [0.25, 0.3) is 0 Å². The fourth-order valence-electron chi connectivity index (χ4n) is 4.42. The number of ether oxygens (including phenoxy) is 1. The number of para-hydroxylation sites is 1. The molecule has 27 heavy (non-hydrogen) atoms. The van der Waals surface area contributed by atoms with Crippen molar-refractivity contribution in [3.05, 3.63) is 102 Å². The van der Waals surface area contributed by atoms with Crippen molar-refractivity contribution >= 4 is 5.91 Å². The molecule has 5 rings (SSSR count). The first kappa shape index (κ1) is 16.1. The van der Waals surface area contributed by atoms with Gasteiger partial charge in [0.2, 0.25) is 0 Å². The molecule has 0 saturated carbocycles. The Balaban J connectivity index is 1.50. The Bertz CT molecular complexity index is 954. The lowest BCUT2D eigenvalue weighted by molar-refractivity contribution is -0.168. The monoisotopic (exact) mass is 355 g/mol. The van der Waals surface area contributed by atoms with Gasteiger partial charge in [0.1, 0.15) is 5.75 Å².